The Morgan fingerprint density at radius 2 is 2.00 bits per heavy atom. The van der Waals surface area contributed by atoms with Gasteiger partial charge < -0.3 is 5.11 Å². The van der Waals surface area contributed by atoms with Crippen molar-refractivity contribution in [2.75, 3.05) is 0 Å². The van der Waals surface area contributed by atoms with Crippen LogP contribution in [0.25, 0.3) is 0 Å². The molecule has 2 nitrogen and oxygen atoms in total. The molecule has 2 aliphatic rings. The summed E-state index contributed by atoms with van der Waals surface area (Å²) < 4.78 is 0. The Hall–Kier alpha value is -0.550. The number of fused-ring (bicyclic) bond motifs is 1. The fourth-order valence-electron chi connectivity index (χ4n) is 4.48. The van der Waals surface area contributed by atoms with Gasteiger partial charge in [0.2, 0.25) is 0 Å². The number of hydrogen-bond acceptors (Lipinski definition) is 2. The van der Waals surface area contributed by atoms with Crippen LogP contribution in [0.1, 0.15) is 52.9 Å². The average Bonchev–Trinajstić information content (AvgIpc) is 2.58. The summed E-state index contributed by atoms with van der Waals surface area (Å²) in [6.07, 6.45) is 4.87. The van der Waals surface area contributed by atoms with E-state index in [0.717, 1.165) is 12.8 Å². The topological polar surface area (TPSA) is 44.0 Å². The van der Waals surface area contributed by atoms with Crippen LogP contribution < -0.4 is 0 Å². The van der Waals surface area contributed by atoms with Gasteiger partial charge >= 0.3 is 0 Å². The molecule has 0 radical (unpaired) electrons. The molecule has 0 spiro atoms. The fraction of sp³-hybridized carbons (Fsp3) is 0.929. The summed E-state index contributed by atoms with van der Waals surface area (Å²) in [5.74, 6) is 0.790. The average molecular weight is 221 g/mol. The molecule has 4 atom stereocenters. The Morgan fingerprint density at radius 3 is 2.56 bits per heavy atom. The lowest BCUT2D eigenvalue weighted by Crippen LogP contribution is -2.34. The van der Waals surface area contributed by atoms with E-state index in [0.29, 0.717) is 23.7 Å². The highest BCUT2D eigenvalue weighted by Gasteiger charge is 2.59. The molecule has 0 aromatic heterocycles. The quantitative estimate of drug-likeness (QED) is 0.778. The first kappa shape index (κ1) is 11.9. The molecule has 2 rings (SSSR count). The standard InChI is InChI=1S/C14H23NO/c1-13(2)6-7-14(3)9-10(5-4-8-15)11(16)12(13)14/h10-12,16H,4-7,9H2,1-3H3/t10?,11?,12-,14-/m1/s1. The van der Waals surface area contributed by atoms with Gasteiger partial charge in [-0.1, -0.05) is 20.8 Å². The second-order valence-electron chi connectivity index (χ2n) is 6.77. The molecular formula is C14H23NO. The van der Waals surface area contributed by atoms with E-state index >= 15 is 0 Å². The van der Waals surface area contributed by atoms with E-state index < -0.39 is 0 Å². The third kappa shape index (κ3) is 1.66. The van der Waals surface area contributed by atoms with E-state index in [9.17, 15) is 5.11 Å². The number of rotatable bonds is 2. The van der Waals surface area contributed by atoms with Crippen LogP contribution in [-0.4, -0.2) is 11.2 Å². The molecule has 0 aliphatic heterocycles. The van der Waals surface area contributed by atoms with Crippen LogP contribution in [0.4, 0.5) is 0 Å². The first-order chi connectivity index (χ1) is 7.41. The molecule has 0 amide bonds. The molecule has 1 N–H and O–H groups in total. The van der Waals surface area contributed by atoms with Gasteiger partial charge in [0.25, 0.3) is 0 Å². The van der Waals surface area contributed by atoms with Crippen molar-refractivity contribution in [2.24, 2.45) is 22.7 Å². The number of hydrogen-bond donors (Lipinski definition) is 1. The first-order valence-electron chi connectivity index (χ1n) is 6.46. The second-order valence-corrected chi connectivity index (χ2v) is 6.77. The number of nitrogens with zero attached hydrogens (tertiary/aromatic N) is 1. The van der Waals surface area contributed by atoms with Crippen molar-refractivity contribution in [3.8, 4) is 6.07 Å². The van der Waals surface area contributed by atoms with Gasteiger partial charge in [-0.25, -0.2) is 0 Å². The Bertz CT molecular complexity index is 317. The normalized spacial score (nSPS) is 45.3. The van der Waals surface area contributed by atoms with Crippen LogP contribution in [0, 0.1) is 34.0 Å². The van der Waals surface area contributed by atoms with Crippen molar-refractivity contribution in [3.63, 3.8) is 0 Å². The molecule has 0 heterocycles. The number of aliphatic hydroxyl groups excluding tert-OH is 1. The van der Waals surface area contributed by atoms with E-state index in [-0.39, 0.29) is 11.5 Å². The molecule has 2 saturated carbocycles. The van der Waals surface area contributed by atoms with Crippen LogP contribution in [0.5, 0.6) is 0 Å². The summed E-state index contributed by atoms with van der Waals surface area (Å²) in [4.78, 5) is 0. The SMILES string of the molecule is CC1(C)CC[C@]2(C)CC(CCC#N)C(O)[C@H]12. The zero-order valence-corrected chi connectivity index (χ0v) is 10.7. The van der Waals surface area contributed by atoms with Gasteiger partial charge in [0.05, 0.1) is 12.2 Å². The molecule has 0 bridgehead atoms. The molecule has 2 heteroatoms. The summed E-state index contributed by atoms with van der Waals surface area (Å²) in [6, 6.07) is 2.20. The molecule has 0 aromatic carbocycles. The Labute approximate surface area is 98.7 Å². The molecular weight excluding hydrogens is 198 g/mol. The van der Waals surface area contributed by atoms with E-state index in [1.54, 1.807) is 0 Å². The van der Waals surface area contributed by atoms with Crippen molar-refractivity contribution in [1.29, 1.82) is 5.26 Å². The highest BCUT2D eigenvalue weighted by atomic mass is 16.3. The third-order valence-electron chi connectivity index (χ3n) is 5.11. The summed E-state index contributed by atoms with van der Waals surface area (Å²) in [6.45, 7) is 6.92. The number of aliphatic hydroxyl groups is 1. The minimum absolute atomic E-state index is 0.184. The number of nitriles is 1. The summed E-state index contributed by atoms with van der Waals surface area (Å²) in [5.41, 5.74) is 0.596. The van der Waals surface area contributed by atoms with Crippen molar-refractivity contribution < 1.29 is 5.11 Å². The highest BCUT2D eigenvalue weighted by molar-refractivity contribution is 5.08. The smallest absolute Gasteiger partial charge is 0.0621 e. The van der Waals surface area contributed by atoms with Gasteiger partial charge in [-0.15, -0.1) is 0 Å². The van der Waals surface area contributed by atoms with Crippen LogP contribution in [0.3, 0.4) is 0 Å². The minimum Gasteiger partial charge on any atom is -0.393 e. The largest absolute Gasteiger partial charge is 0.393 e. The molecule has 2 fully saturated rings. The van der Waals surface area contributed by atoms with Crippen molar-refractivity contribution in [1.82, 2.24) is 0 Å². The maximum atomic E-state index is 10.5. The predicted octanol–water partition coefficient (Wildman–Crippen LogP) is 3.11. The van der Waals surface area contributed by atoms with Gasteiger partial charge in [-0.2, -0.15) is 5.26 Å². The molecule has 2 aliphatic carbocycles. The summed E-state index contributed by atoms with van der Waals surface area (Å²) in [7, 11) is 0. The van der Waals surface area contributed by atoms with Gasteiger partial charge in [0.1, 0.15) is 0 Å². The second kappa shape index (κ2) is 3.74. The van der Waals surface area contributed by atoms with E-state index in [1.165, 1.54) is 12.8 Å². The lowest BCUT2D eigenvalue weighted by atomic mass is 9.73. The lowest BCUT2D eigenvalue weighted by Gasteiger charge is -2.34. The minimum atomic E-state index is -0.184. The summed E-state index contributed by atoms with van der Waals surface area (Å²) >= 11 is 0. The lowest BCUT2D eigenvalue weighted by molar-refractivity contribution is 0.0233. The van der Waals surface area contributed by atoms with Crippen molar-refractivity contribution in [3.05, 3.63) is 0 Å². The van der Waals surface area contributed by atoms with Gasteiger partial charge in [0, 0.05) is 6.42 Å². The van der Waals surface area contributed by atoms with Crippen LogP contribution in [0.2, 0.25) is 0 Å². The van der Waals surface area contributed by atoms with Crippen molar-refractivity contribution >= 4 is 0 Å². The van der Waals surface area contributed by atoms with Crippen LogP contribution in [0.15, 0.2) is 0 Å². The van der Waals surface area contributed by atoms with Crippen LogP contribution >= 0.6 is 0 Å². The van der Waals surface area contributed by atoms with E-state index in [1.807, 2.05) is 0 Å². The third-order valence-corrected chi connectivity index (χ3v) is 5.11. The Kier molecular flexibility index (Phi) is 2.78. The molecule has 2 unspecified atom stereocenters. The highest BCUT2D eigenvalue weighted by Crippen LogP contribution is 2.63. The molecule has 16 heavy (non-hydrogen) atoms. The maximum absolute atomic E-state index is 10.5. The Morgan fingerprint density at radius 1 is 1.31 bits per heavy atom. The van der Waals surface area contributed by atoms with Gasteiger partial charge in [-0.3, -0.25) is 0 Å². The van der Waals surface area contributed by atoms with Gasteiger partial charge in [-0.05, 0) is 48.3 Å². The van der Waals surface area contributed by atoms with E-state index in [4.69, 9.17) is 5.26 Å². The monoisotopic (exact) mass is 221 g/mol. The van der Waals surface area contributed by atoms with Gasteiger partial charge in [0.15, 0.2) is 0 Å². The first-order valence-corrected chi connectivity index (χ1v) is 6.46. The van der Waals surface area contributed by atoms with Crippen molar-refractivity contribution in [2.45, 2.75) is 59.0 Å². The maximum Gasteiger partial charge on any atom is 0.0621 e. The predicted molar refractivity (Wildman–Crippen MR) is 63.6 cm³/mol. The molecule has 0 aromatic rings. The molecule has 0 saturated heterocycles. The van der Waals surface area contributed by atoms with Crippen LogP contribution in [-0.2, 0) is 0 Å². The zero-order valence-electron chi connectivity index (χ0n) is 10.7. The van der Waals surface area contributed by atoms with E-state index in [2.05, 4.69) is 26.8 Å². The summed E-state index contributed by atoms with van der Waals surface area (Å²) in [5, 5.41) is 19.1. The Balaban J connectivity index is 2.15. The molecule has 90 valence electrons. The fourth-order valence-corrected chi connectivity index (χ4v) is 4.48. The zero-order chi connectivity index (χ0) is 12.0.